The SMILES string of the molecule is COP(C)(=O)OCCCCCCNC(=O)OCCNC(=O)CCC(C)(C)SC. The summed E-state index contributed by atoms with van der Waals surface area (Å²) in [6.07, 6.45) is 6.28. The largest absolute Gasteiger partial charge is 0.448 e. The Bertz CT molecular complexity index is 504. The first-order chi connectivity index (χ1) is 13.1. The average Bonchev–Trinajstić information content (AvgIpc) is 2.65. The molecule has 0 saturated heterocycles. The van der Waals surface area contributed by atoms with Gasteiger partial charge in [0.05, 0.1) is 13.2 Å². The minimum atomic E-state index is -2.88. The highest BCUT2D eigenvalue weighted by Crippen LogP contribution is 2.42. The summed E-state index contributed by atoms with van der Waals surface area (Å²) in [5.41, 5.74) is 0. The van der Waals surface area contributed by atoms with Gasteiger partial charge in [0.25, 0.3) is 0 Å². The normalized spacial score (nSPS) is 13.6. The van der Waals surface area contributed by atoms with Crippen molar-refractivity contribution in [3.63, 3.8) is 0 Å². The Labute approximate surface area is 173 Å². The summed E-state index contributed by atoms with van der Waals surface area (Å²) < 4.78 is 26.5. The molecule has 1 unspecified atom stereocenters. The first-order valence-corrected chi connectivity index (χ1v) is 12.8. The van der Waals surface area contributed by atoms with Gasteiger partial charge in [0.15, 0.2) is 0 Å². The molecule has 0 fully saturated rings. The molecule has 0 aromatic heterocycles. The smallest absolute Gasteiger partial charge is 0.407 e. The molecule has 166 valence electrons. The lowest BCUT2D eigenvalue weighted by Gasteiger charge is -2.21. The predicted molar refractivity (Wildman–Crippen MR) is 114 cm³/mol. The zero-order valence-electron chi connectivity index (χ0n) is 17.9. The van der Waals surface area contributed by atoms with Gasteiger partial charge in [-0.2, -0.15) is 11.8 Å². The topological polar surface area (TPSA) is 103 Å². The summed E-state index contributed by atoms with van der Waals surface area (Å²) in [5, 5.41) is 5.43. The van der Waals surface area contributed by atoms with Crippen molar-refractivity contribution in [1.29, 1.82) is 0 Å². The quantitative estimate of drug-likeness (QED) is 0.278. The Balaban J connectivity index is 3.51. The van der Waals surface area contributed by atoms with Gasteiger partial charge in [0.1, 0.15) is 6.61 Å². The van der Waals surface area contributed by atoms with E-state index in [0.29, 0.717) is 26.1 Å². The fourth-order valence-corrected chi connectivity index (χ4v) is 2.92. The molecule has 2 N–H and O–H groups in total. The highest BCUT2D eigenvalue weighted by molar-refractivity contribution is 7.99. The van der Waals surface area contributed by atoms with Crippen molar-refractivity contribution in [3.05, 3.63) is 0 Å². The molecule has 1 atom stereocenters. The summed E-state index contributed by atoms with van der Waals surface area (Å²) in [6.45, 7) is 7.05. The molecule has 2 amide bonds. The van der Waals surface area contributed by atoms with Crippen LogP contribution in [0.25, 0.3) is 0 Å². The van der Waals surface area contributed by atoms with Crippen LogP contribution in [0.4, 0.5) is 4.79 Å². The lowest BCUT2D eigenvalue weighted by atomic mass is 10.1. The molecule has 0 radical (unpaired) electrons. The van der Waals surface area contributed by atoms with Gasteiger partial charge < -0.3 is 24.4 Å². The van der Waals surface area contributed by atoms with Crippen LogP contribution in [0.5, 0.6) is 0 Å². The van der Waals surface area contributed by atoms with Crippen molar-refractivity contribution < 1.29 is 27.9 Å². The number of rotatable bonds is 16. The van der Waals surface area contributed by atoms with Gasteiger partial charge >= 0.3 is 13.7 Å². The van der Waals surface area contributed by atoms with Crippen molar-refractivity contribution in [2.75, 3.05) is 46.3 Å². The molecule has 8 nitrogen and oxygen atoms in total. The lowest BCUT2D eigenvalue weighted by Crippen LogP contribution is -2.32. The fourth-order valence-electron chi connectivity index (χ4n) is 2.04. The second kappa shape index (κ2) is 15.1. The number of unbranched alkanes of at least 4 members (excludes halogenated alkanes) is 3. The van der Waals surface area contributed by atoms with Gasteiger partial charge in [0.2, 0.25) is 5.91 Å². The van der Waals surface area contributed by atoms with Crippen LogP contribution >= 0.6 is 19.4 Å². The number of hydrogen-bond donors (Lipinski definition) is 2. The highest BCUT2D eigenvalue weighted by atomic mass is 32.2. The lowest BCUT2D eigenvalue weighted by molar-refractivity contribution is -0.121. The monoisotopic (exact) mass is 440 g/mol. The van der Waals surface area contributed by atoms with E-state index in [1.54, 1.807) is 11.8 Å². The van der Waals surface area contributed by atoms with Gasteiger partial charge in [-0.3, -0.25) is 9.36 Å². The Morgan fingerprint density at radius 1 is 1.04 bits per heavy atom. The van der Waals surface area contributed by atoms with Crippen LogP contribution in [-0.4, -0.2) is 63.1 Å². The summed E-state index contributed by atoms with van der Waals surface area (Å²) in [5.74, 6) is -0.0277. The van der Waals surface area contributed by atoms with Crippen molar-refractivity contribution in [2.45, 2.75) is 57.1 Å². The van der Waals surface area contributed by atoms with Gasteiger partial charge in [-0.1, -0.05) is 26.7 Å². The Kier molecular flexibility index (Phi) is 14.7. The zero-order chi connectivity index (χ0) is 21.5. The van der Waals surface area contributed by atoms with Crippen molar-refractivity contribution in [1.82, 2.24) is 10.6 Å². The number of carbonyl (C=O) groups excluding carboxylic acids is 2. The molecule has 0 spiro atoms. The fraction of sp³-hybridized carbons (Fsp3) is 0.889. The van der Waals surface area contributed by atoms with Crippen LogP contribution < -0.4 is 10.6 Å². The summed E-state index contributed by atoms with van der Waals surface area (Å²) >= 11 is 1.74. The zero-order valence-corrected chi connectivity index (χ0v) is 19.6. The molecule has 28 heavy (non-hydrogen) atoms. The third kappa shape index (κ3) is 16.2. The number of carbonyl (C=O) groups is 2. The molecule has 0 rings (SSSR count). The van der Waals surface area contributed by atoms with Crippen LogP contribution in [-0.2, 0) is 23.1 Å². The minimum absolute atomic E-state index is 0.0277. The van der Waals surface area contributed by atoms with E-state index in [4.69, 9.17) is 13.8 Å². The second-order valence-corrected chi connectivity index (χ2v) is 10.8. The molecule has 0 heterocycles. The molecule has 0 aliphatic rings. The number of ether oxygens (including phenoxy) is 1. The Morgan fingerprint density at radius 2 is 1.71 bits per heavy atom. The van der Waals surface area contributed by atoms with E-state index < -0.39 is 13.7 Å². The number of amides is 2. The summed E-state index contributed by atoms with van der Waals surface area (Å²) in [6, 6.07) is 0. The molecule has 0 saturated carbocycles. The highest BCUT2D eigenvalue weighted by Gasteiger charge is 2.17. The van der Waals surface area contributed by atoms with E-state index in [9.17, 15) is 14.2 Å². The average molecular weight is 441 g/mol. The molecule has 0 bridgehead atoms. The van der Waals surface area contributed by atoms with Gasteiger partial charge in [-0.05, 0) is 25.5 Å². The van der Waals surface area contributed by atoms with E-state index >= 15 is 0 Å². The first-order valence-electron chi connectivity index (χ1n) is 9.62. The number of nitrogens with one attached hydrogen (secondary N) is 2. The maximum Gasteiger partial charge on any atom is 0.407 e. The first kappa shape index (κ1) is 27.2. The van der Waals surface area contributed by atoms with E-state index in [-0.39, 0.29) is 17.3 Å². The maximum atomic E-state index is 11.7. The molecule has 0 aromatic rings. The standard InChI is InChI=1S/C18H37N2O6PS/c1-18(2,28-5)11-10-16(21)19-13-15-25-17(22)20-12-8-6-7-9-14-26-27(4,23)24-3/h6-15H2,1-5H3,(H,19,21)(H,20,22). The van der Waals surface area contributed by atoms with Crippen LogP contribution in [0.2, 0.25) is 0 Å². The number of alkyl carbamates (subject to hydrolysis) is 1. The molecular formula is C18H37N2O6PS. The van der Waals surface area contributed by atoms with E-state index in [2.05, 4.69) is 24.5 Å². The van der Waals surface area contributed by atoms with Crippen LogP contribution in [0.3, 0.4) is 0 Å². The molecule has 10 heteroatoms. The molecule has 0 aromatic carbocycles. The summed E-state index contributed by atoms with van der Waals surface area (Å²) in [4.78, 5) is 23.3. The maximum absolute atomic E-state index is 11.7. The predicted octanol–water partition coefficient (Wildman–Crippen LogP) is 3.80. The van der Waals surface area contributed by atoms with Gasteiger partial charge in [-0.15, -0.1) is 0 Å². The van der Waals surface area contributed by atoms with Gasteiger partial charge in [-0.25, -0.2) is 4.79 Å². The summed E-state index contributed by atoms with van der Waals surface area (Å²) in [7, 11) is -1.51. The van der Waals surface area contributed by atoms with E-state index in [1.165, 1.54) is 13.8 Å². The Morgan fingerprint density at radius 3 is 2.36 bits per heavy atom. The van der Waals surface area contributed by atoms with E-state index in [0.717, 1.165) is 32.1 Å². The molecule has 0 aliphatic heterocycles. The van der Waals surface area contributed by atoms with Crippen molar-refractivity contribution >= 4 is 31.4 Å². The van der Waals surface area contributed by atoms with E-state index in [1.807, 2.05) is 6.26 Å². The number of hydrogen-bond acceptors (Lipinski definition) is 7. The second-order valence-electron chi connectivity index (χ2n) is 7.08. The van der Waals surface area contributed by atoms with Crippen LogP contribution in [0, 0.1) is 0 Å². The molecule has 0 aliphatic carbocycles. The third-order valence-corrected chi connectivity index (χ3v) is 6.79. The minimum Gasteiger partial charge on any atom is -0.448 e. The van der Waals surface area contributed by atoms with Gasteiger partial charge in [0, 0.05) is 31.5 Å². The third-order valence-electron chi connectivity index (χ3n) is 4.16. The van der Waals surface area contributed by atoms with Crippen molar-refractivity contribution in [3.8, 4) is 0 Å². The number of thioether (sulfide) groups is 1. The Hall–Kier alpha value is -0.760. The van der Waals surface area contributed by atoms with Crippen LogP contribution in [0.15, 0.2) is 0 Å². The van der Waals surface area contributed by atoms with Crippen LogP contribution in [0.1, 0.15) is 52.4 Å². The molecular weight excluding hydrogens is 403 g/mol. The van der Waals surface area contributed by atoms with Crippen molar-refractivity contribution in [2.24, 2.45) is 0 Å².